The second-order valence-electron chi connectivity index (χ2n) is 4.40. The first-order chi connectivity index (χ1) is 6.68. The average molecular weight is 233 g/mol. The molecule has 5 nitrogen and oxygen atoms in total. The third-order valence-electron chi connectivity index (χ3n) is 1.72. The fourth-order valence-corrected chi connectivity index (χ4v) is 1.24. The molecule has 0 bridgehead atoms. The van der Waals surface area contributed by atoms with E-state index in [9.17, 15) is 8.42 Å². The van der Waals surface area contributed by atoms with Gasteiger partial charge in [-0.25, -0.2) is 0 Å². The predicted octanol–water partition coefficient (Wildman–Crippen LogP) is 1.45. The monoisotopic (exact) mass is 233 g/mol. The Balaban J connectivity index is 2.70. The van der Waals surface area contributed by atoms with Crippen LogP contribution in [0.2, 0.25) is 0 Å². The molecule has 0 amide bonds. The van der Waals surface area contributed by atoms with Crippen molar-refractivity contribution in [2.24, 2.45) is 0 Å². The van der Waals surface area contributed by atoms with Crippen LogP contribution in [0.3, 0.4) is 0 Å². The largest absolute Gasteiger partial charge is 0.360 e. The standard InChI is InChI=1S/C9H15NO4S/c1-9(2,3)8-5-7(10-14-8)6-13-15(4,11)12/h5H,6H2,1-4H3. The third-order valence-corrected chi connectivity index (χ3v) is 2.27. The van der Waals surface area contributed by atoms with Crippen molar-refractivity contribution in [3.63, 3.8) is 0 Å². The predicted molar refractivity (Wildman–Crippen MR) is 54.8 cm³/mol. The minimum absolute atomic E-state index is 0.0849. The minimum atomic E-state index is -3.43. The molecule has 0 atom stereocenters. The molecule has 1 rings (SSSR count). The highest BCUT2D eigenvalue weighted by molar-refractivity contribution is 7.85. The Labute approximate surface area is 89.5 Å². The van der Waals surface area contributed by atoms with Crippen LogP contribution in [0.25, 0.3) is 0 Å². The first-order valence-corrected chi connectivity index (χ1v) is 6.30. The van der Waals surface area contributed by atoms with Gasteiger partial charge in [-0.1, -0.05) is 25.9 Å². The zero-order valence-corrected chi connectivity index (χ0v) is 10.1. The molecular weight excluding hydrogens is 218 g/mol. The molecule has 0 spiro atoms. The second kappa shape index (κ2) is 3.94. The number of rotatable bonds is 3. The van der Waals surface area contributed by atoms with Gasteiger partial charge < -0.3 is 4.52 Å². The molecule has 0 saturated heterocycles. The summed E-state index contributed by atoms with van der Waals surface area (Å²) in [7, 11) is -3.43. The Morgan fingerprint density at radius 2 is 2.07 bits per heavy atom. The summed E-state index contributed by atoms with van der Waals surface area (Å²) in [6.45, 7) is 5.86. The van der Waals surface area contributed by atoms with Crippen molar-refractivity contribution in [2.45, 2.75) is 32.8 Å². The Kier molecular flexibility index (Phi) is 3.20. The van der Waals surface area contributed by atoms with Gasteiger partial charge in [0.1, 0.15) is 18.1 Å². The molecule has 0 N–H and O–H groups in total. The van der Waals surface area contributed by atoms with E-state index in [0.717, 1.165) is 6.26 Å². The smallest absolute Gasteiger partial charge is 0.264 e. The number of hydrogen-bond donors (Lipinski definition) is 0. The van der Waals surface area contributed by atoms with E-state index in [1.165, 1.54) is 0 Å². The lowest BCUT2D eigenvalue weighted by atomic mass is 9.93. The SMILES string of the molecule is CC(C)(C)c1cc(COS(C)(=O)=O)no1. The quantitative estimate of drug-likeness (QED) is 0.739. The molecule has 0 aromatic carbocycles. The van der Waals surface area contributed by atoms with Gasteiger partial charge in [0.25, 0.3) is 10.1 Å². The highest BCUT2D eigenvalue weighted by Crippen LogP contribution is 2.22. The molecule has 1 aromatic heterocycles. The molecule has 6 heteroatoms. The summed E-state index contributed by atoms with van der Waals surface area (Å²) in [5, 5.41) is 3.72. The van der Waals surface area contributed by atoms with Crippen LogP contribution in [0.1, 0.15) is 32.2 Å². The maximum atomic E-state index is 10.7. The molecular formula is C9H15NO4S. The lowest BCUT2D eigenvalue weighted by Crippen LogP contribution is -2.09. The molecule has 0 fully saturated rings. The van der Waals surface area contributed by atoms with Gasteiger partial charge in [0.2, 0.25) is 0 Å². The van der Waals surface area contributed by atoms with Gasteiger partial charge in [-0.3, -0.25) is 4.18 Å². The van der Waals surface area contributed by atoms with Gasteiger partial charge >= 0.3 is 0 Å². The molecule has 1 heterocycles. The summed E-state index contributed by atoms with van der Waals surface area (Å²) in [5.41, 5.74) is 0.335. The summed E-state index contributed by atoms with van der Waals surface area (Å²) >= 11 is 0. The number of aromatic nitrogens is 1. The summed E-state index contributed by atoms with van der Waals surface area (Å²) in [5.74, 6) is 0.703. The van der Waals surface area contributed by atoms with Crippen molar-refractivity contribution in [1.82, 2.24) is 5.16 Å². The third kappa shape index (κ3) is 4.01. The van der Waals surface area contributed by atoms with Gasteiger partial charge in [-0.15, -0.1) is 0 Å². The van der Waals surface area contributed by atoms with Crippen molar-refractivity contribution in [3.8, 4) is 0 Å². The lowest BCUT2D eigenvalue weighted by molar-refractivity contribution is 0.285. The van der Waals surface area contributed by atoms with Crippen LogP contribution in [0.4, 0.5) is 0 Å². The molecule has 86 valence electrons. The second-order valence-corrected chi connectivity index (χ2v) is 6.04. The molecule has 0 aliphatic heterocycles. The van der Waals surface area contributed by atoms with Crippen molar-refractivity contribution in [3.05, 3.63) is 17.5 Å². The van der Waals surface area contributed by atoms with Crippen LogP contribution < -0.4 is 0 Å². The summed E-state index contributed by atoms with van der Waals surface area (Å²) in [6.07, 6.45) is 0.998. The fourth-order valence-electron chi connectivity index (χ4n) is 0.901. The zero-order chi connectivity index (χ0) is 11.7. The van der Waals surface area contributed by atoms with Crippen LogP contribution in [0.5, 0.6) is 0 Å². The Morgan fingerprint density at radius 1 is 1.47 bits per heavy atom. The fraction of sp³-hybridized carbons (Fsp3) is 0.667. The lowest BCUT2D eigenvalue weighted by Gasteiger charge is -2.12. The van der Waals surface area contributed by atoms with Crippen LogP contribution in [0, 0.1) is 0 Å². The van der Waals surface area contributed by atoms with Crippen molar-refractivity contribution in [1.29, 1.82) is 0 Å². The molecule has 0 unspecified atom stereocenters. The van der Waals surface area contributed by atoms with Crippen LogP contribution in [-0.2, 0) is 26.3 Å². The van der Waals surface area contributed by atoms with Crippen molar-refractivity contribution >= 4 is 10.1 Å². The maximum Gasteiger partial charge on any atom is 0.264 e. The van der Waals surface area contributed by atoms with E-state index >= 15 is 0 Å². The maximum absolute atomic E-state index is 10.7. The van der Waals surface area contributed by atoms with Gasteiger partial charge in [0.15, 0.2) is 0 Å². The molecule has 0 aliphatic rings. The van der Waals surface area contributed by atoms with E-state index in [4.69, 9.17) is 4.52 Å². The van der Waals surface area contributed by atoms with Crippen molar-refractivity contribution in [2.75, 3.05) is 6.26 Å². The van der Waals surface area contributed by atoms with E-state index in [1.807, 2.05) is 20.8 Å². The first kappa shape index (κ1) is 12.2. The van der Waals surface area contributed by atoms with E-state index in [-0.39, 0.29) is 12.0 Å². The molecule has 0 aliphatic carbocycles. The average Bonchev–Trinajstić information content (AvgIpc) is 2.45. The Hall–Kier alpha value is -0.880. The topological polar surface area (TPSA) is 69.4 Å². The summed E-state index contributed by atoms with van der Waals surface area (Å²) in [6, 6.07) is 1.70. The molecule has 15 heavy (non-hydrogen) atoms. The van der Waals surface area contributed by atoms with E-state index in [0.29, 0.717) is 11.5 Å². The molecule has 0 saturated carbocycles. The Morgan fingerprint density at radius 3 is 2.47 bits per heavy atom. The van der Waals surface area contributed by atoms with E-state index < -0.39 is 10.1 Å². The normalized spacial score (nSPS) is 13.1. The highest BCUT2D eigenvalue weighted by Gasteiger charge is 2.20. The van der Waals surface area contributed by atoms with Crippen LogP contribution in [-0.4, -0.2) is 19.8 Å². The molecule has 0 radical (unpaired) electrons. The van der Waals surface area contributed by atoms with Crippen molar-refractivity contribution < 1.29 is 17.1 Å². The highest BCUT2D eigenvalue weighted by atomic mass is 32.2. The van der Waals surface area contributed by atoms with Crippen LogP contribution >= 0.6 is 0 Å². The summed E-state index contributed by atoms with van der Waals surface area (Å²) in [4.78, 5) is 0. The van der Waals surface area contributed by atoms with Gasteiger partial charge in [0.05, 0.1) is 6.26 Å². The first-order valence-electron chi connectivity index (χ1n) is 4.49. The Bertz CT molecular complexity index is 427. The number of hydrogen-bond acceptors (Lipinski definition) is 5. The van der Waals surface area contributed by atoms with E-state index in [1.54, 1.807) is 6.07 Å². The number of nitrogens with zero attached hydrogens (tertiary/aromatic N) is 1. The van der Waals surface area contributed by atoms with Gasteiger partial charge in [-0.05, 0) is 0 Å². The van der Waals surface area contributed by atoms with Gasteiger partial charge in [-0.2, -0.15) is 8.42 Å². The zero-order valence-electron chi connectivity index (χ0n) is 9.27. The van der Waals surface area contributed by atoms with Crippen LogP contribution in [0.15, 0.2) is 10.6 Å². The van der Waals surface area contributed by atoms with Gasteiger partial charge in [0, 0.05) is 11.5 Å². The summed E-state index contributed by atoms with van der Waals surface area (Å²) < 4.78 is 31.1. The van der Waals surface area contributed by atoms with E-state index in [2.05, 4.69) is 9.34 Å². The molecule has 1 aromatic rings. The minimum Gasteiger partial charge on any atom is -0.360 e.